The number of ether oxygens (including phenoxy) is 1. The van der Waals surface area contributed by atoms with Crippen molar-refractivity contribution in [2.75, 3.05) is 25.1 Å². The van der Waals surface area contributed by atoms with Crippen molar-refractivity contribution in [3.05, 3.63) is 45.5 Å². The van der Waals surface area contributed by atoms with Gasteiger partial charge in [0.15, 0.2) is 0 Å². The zero-order valence-corrected chi connectivity index (χ0v) is 19.2. The monoisotopic (exact) mass is 428 g/mol. The maximum absolute atomic E-state index is 11.6. The van der Waals surface area contributed by atoms with E-state index in [4.69, 9.17) is 4.74 Å². The topological polar surface area (TPSA) is 66.8 Å². The Bertz CT molecular complexity index is 885. The Labute approximate surface area is 183 Å². The third kappa shape index (κ3) is 6.37. The van der Waals surface area contributed by atoms with Gasteiger partial charge in [0.25, 0.3) is 0 Å². The van der Waals surface area contributed by atoms with Crippen LogP contribution in [0.15, 0.2) is 22.6 Å². The van der Waals surface area contributed by atoms with Crippen molar-refractivity contribution in [2.24, 2.45) is 11.0 Å². The first-order chi connectivity index (χ1) is 14.4. The number of nitrogens with zero attached hydrogens (tertiary/aromatic N) is 3. The largest absolute Gasteiger partial charge is 0.466 e. The molecule has 30 heavy (non-hydrogen) atoms. The first-order valence-corrected chi connectivity index (χ1v) is 11.5. The molecule has 2 aromatic rings. The Balaban J connectivity index is 1.61. The highest BCUT2D eigenvalue weighted by Gasteiger charge is 2.16. The summed E-state index contributed by atoms with van der Waals surface area (Å²) in [5, 5.41) is 6.89. The SMILES string of the molecule is CCOC(=O)Cc1csc(NN=Cc2cc(CN3CCC(C)CC3)c(C)cc2C)n1. The van der Waals surface area contributed by atoms with E-state index >= 15 is 0 Å². The van der Waals surface area contributed by atoms with Gasteiger partial charge in [0, 0.05) is 11.9 Å². The second kappa shape index (κ2) is 10.7. The fourth-order valence-corrected chi connectivity index (χ4v) is 4.30. The maximum atomic E-state index is 11.6. The minimum Gasteiger partial charge on any atom is -0.466 e. The Morgan fingerprint density at radius 3 is 2.83 bits per heavy atom. The highest BCUT2D eigenvalue weighted by Crippen LogP contribution is 2.22. The molecule has 0 aliphatic carbocycles. The van der Waals surface area contributed by atoms with Gasteiger partial charge in [0.2, 0.25) is 5.13 Å². The number of benzene rings is 1. The Kier molecular flexibility index (Phi) is 7.99. The summed E-state index contributed by atoms with van der Waals surface area (Å²) in [7, 11) is 0. The highest BCUT2D eigenvalue weighted by molar-refractivity contribution is 7.13. The summed E-state index contributed by atoms with van der Waals surface area (Å²) in [6, 6.07) is 4.49. The molecular weight excluding hydrogens is 396 g/mol. The first-order valence-electron chi connectivity index (χ1n) is 10.7. The molecule has 1 aliphatic heterocycles. The summed E-state index contributed by atoms with van der Waals surface area (Å²) in [6.07, 6.45) is 4.61. The molecule has 3 rings (SSSR count). The van der Waals surface area contributed by atoms with E-state index in [1.54, 1.807) is 6.92 Å². The van der Waals surface area contributed by atoms with E-state index in [0.29, 0.717) is 17.4 Å². The van der Waals surface area contributed by atoms with Crippen molar-refractivity contribution in [1.29, 1.82) is 0 Å². The molecule has 1 fully saturated rings. The summed E-state index contributed by atoms with van der Waals surface area (Å²) >= 11 is 1.43. The predicted octanol–water partition coefficient (Wildman–Crippen LogP) is 4.54. The Morgan fingerprint density at radius 1 is 1.33 bits per heavy atom. The molecule has 0 amide bonds. The molecule has 1 aliphatic rings. The molecule has 0 saturated carbocycles. The van der Waals surface area contributed by atoms with Crippen molar-refractivity contribution in [3.63, 3.8) is 0 Å². The number of likely N-dealkylation sites (tertiary alicyclic amines) is 1. The van der Waals surface area contributed by atoms with E-state index in [9.17, 15) is 4.79 Å². The standard InChI is InChI=1S/C23H32N4O2S/c1-5-29-22(28)12-21-15-30-23(25-21)26-24-13-19-11-20(18(4)10-17(19)3)14-27-8-6-16(2)7-9-27/h10-11,13,15-16H,5-9,12,14H2,1-4H3,(H,25,26). The van der Waals surface area contributed by atoms with Gasteiger partial charge in [0.05, 0.1) is 24.9 Å². The van der Waals surface area contributed by atoms with Crippen LogP contribution in [0.3, 0.4) is 0 Å². The first kappa shape index (κ1) is 22.4. The van der Waals surface area contributed by atoms with Gasteiger partial charge in [0.1, 0.15) is 0 Å². The molecule has 0 atom stereocenters. The number of anilines is 1. The predicted molar refractivity (Wildman–Crippen MR) is 123 cm³/mol. The number of carbonyl (C=O) groups is 1. The molecule has 6 nitrogen and oxygen atoms in total. The van der Waals surface area contributed by atoms with Crippen molar-refractivity contribution in [2.45, 2.75) is 53.5 Å². The molecule has 1 saturated heterocycles. The van der Waals surface area contributed by atoms with E-state index in [-0.39, 0.29) is 12.4 Å². The average Bonchev–Trinajstić information content (AvgIpc) is 3.14. The van der Waals surface area contributed by atoms with Crippen LogP contribution in [0.1, 0.15) is 54.6 Å². The number of nitrogens with one attached hydrogen (secondary N) is 1. The van der Waals surface area contributed by atoms with E-state index in [1.807, 2.05) is 11.6 Å². The molecule has 0 unspecified atom stereocenters. The molecule has 162 valence electrons. The number of aromatic nitrogens is 1. The molecular formula is C23H32N4O2S. The van der Waals surface area contributed by atoms with Gasteiger partial charge in [-0.15, -0.1) is 11.3 Å². The lowest BCUT2D eigenvalue weighted by atomic mass is 9.96. The number of carbonyl (C=O) groups excluding carboxylic acids is 1. The normalized spacial score (nSPS) is 15.6. The van der Waals surface area contributed by atoms with E-state index in [1.165, 1.54) is 54.0 Å². The van der Waals surface area contributed by atoms with Gasteiger partial charge in [-0.1, -0.05) is 13.0 Å². The second-order valence-electron chi connectivity index (χ2n) is 8.09. The van der Waals surface area contributed by atoms with E-state index < -0.39 is 0 Å². The van der Waals surface area contributed by atoms with Crippen LogP contribution >= 0.6 is 11.3 Å². The summed E-state index contributed by atoms with van der Waals surface area (Å²) in [5.41, 5.74) is 8.69. The Hall–Kier alpha value is -2.25. The van der Waals surface area contributed by atoms with Gasteiger partial charge in [-0.05, 0) is 80.9 Å². The lowest BCUT2D eigenvalue weighted by molar-refractivity contribution is -0.142. The number of esters is 1. The molecule has 0 bridgehead atoms. The van der Waals surface area contributed by atoms with Gasteiger partial charge in [-0.25, -0.2) is 4.98 Å². The number of thiazole rings is 1. The lowest BCUT2D eigenvalue weighted by Gasteiger charge is -2.30. The molecule has 0 radical (unpaired) electrons. The van der Waals surface area contributed by atoms with Gasteiger partial charge in [-0.3, -0.25) is 15.1 Å². The van der Waals surface area contributed by atoms with Crippen LogP contribution in [0.5, 0.6) is 0 Å². The van der Waals surface area contributed by atoms with Crippen LogP contribution in [0, 0.1) is 19.8 Å². The minimum atomic E-state index is -0.260. The smallest absolute Gasteiger partial charge is 0.311 e. The highest BCUT2D eigenvalue weighted by atomic mass is 32.1. The van der Waals surface area contributed by atoms with Gasteiger partial charge < -0.3 is 4.74 Å². The third-order valence-electron chi connectivity index (χ3n) is 5.54. The summed E-state index contributed by atoms with van der Waals surface area (Å²) in [5.74, 6) is 0.585. The van der Waals surface area contributed by atoms with Crippen molar-refractivity contribution >= 4 is 28.7 Å². The molecule has 1 aromatic heterocycles. The molecule has 1 aromatic carbocycles. The number of hydrogen-bond acceptors (Lipinski definition) is 7. The molecule has 2 heterocycles. The number of aryl methyl sites for hydroxylation is 2. The summed E-state index contributed by atoms with van der Waals surface area (Å²) in [4.78, 5) is 18.5. The second-order valence-corrected chi connectivity index (χ2v) is 8.95. The van der Waals surface area contributed by atoms with Crippen molar-refractivity contribution in [1.82, 2.24) is 9.88 Å². The average molecular weight is 429 g/mol. The maximum Gasteiger partial charge on any atom is 0.311 e. The zero-order chi connectivity index (χ0) is 21.5. The third-order valence-corrected chi connectivity index (χ3v) is 6.34. The van der Waals surface area contributed by atoms with Crippen molar-refractivity contribution < 1.29 is 9.53 Å². The van der Waals surface area contributed by atoms with Gasteiger partial charge >= 0.3 is 5.97 Å². The van der Waals surface area contributed by atoms with Crippen LogP contribution in [0.2, 0.25) is 0 Å². The Morgan fingerprint density at radius 2 is 2.10 bits per heavy atom. The lowest BCUT2D eigenvalue weighted by Crippen LogP contribution is -2.32. The van der Waals surface area contributed by atoms with Crippen LogP contribution in [-0.4, -0.2) is 41.8 Å². The fourth-order valence-electron chi connectivity index (χ4n) is 3.64. The summed E-state index contributed by atoms with van der Waals surface area (Å²) < 4.78 is 4.96. The van der Waals surface area contributed by atoms with Crippen LogP contribution in [0.4, 0.5) is 5.13 Å². The van der Waals surface area contributed by atoms with E-state index in [0.717, 1.165) is 18.0 Å². The van der Waals surface area contributed by atoms with Gasteiger partial charge in [-0.2, -0.15) is 5.10 Å². The summed E-state index contributed by atoms with van der Waals surface area (Å²) in [6.45, 7) is 12.2. The van der Waals surface area contributed by atoms with E-state index in [2.05, 4.69) is 53.3 Å². The number of hydrazone groups is 1. The number of piperidine rings is 1. The number of rotatable bonds is 8. The molecule has 1 N–H and O–H groups in total. The zero-order valence-electron chi connectivity index (χ0n) is 18.4. The molecule has 7 heteroatoms. The van der Waals surface area contributed by atoms with Crippen molar-refractivity contribution in [3.8, 4) is 0 Å². The van der Waals surface area contributed by atoms with Crippen LogP contribution in [0.25, 0.3) is 0 Å². The number of hydrogen-bond donors (Lipinski definition) is 1. The van der Waals surface area contributed by atoms with Crippen LogP contribution in [-0.2, 0) is 22.5 Å². The van der Waals surface area contributed by atoms with Crippen LogP contribution < -0.4 is 5.43 Å². The fraction of sp³-hybridized carbons (Fsp3) is 0.522. The minimum absolute atomic E-state index is 0.186. The molecule has 0 spiro atoms. The quantitative estimate of drug-likeness (QED) is 0.380.